The van der Waals surface area contributed by atoms with E-state index in [0.717, 1.165) is 22.3 Å². The van der Waals surface area contributed by atoms with E-state index in [-0.39, 0.29) is 11.7 Å². The van der Waals surface area contributed by atoms with Crippen LogP contribution in [0, 0.1) is 12.4 Å². The number of hydrogen-bond donors (Lipinski definition) is 1. The summed E-state index contributed by atoms with van der Waals surface area (Å²) < 4.78 is 16.7. The Morgan fingerprint density at radius 2 is 1.69 bits per heavy atom. The van der Waals surface area contributed by atoms with Gasteiger partial charge in [-0.15, -0.1) is 0 Å². The van der Waals surface area contributed by atoms with Crippen LogP contribution in [-0.2, 0) is 7.05 Å². The van der Waals surface area contributed by atoms with E-state index in [1.807, 2.05) is 31.4 Å². The fourth-order valence-electron chi connectivity index (χ4n) is 4.22. The van der Waals surface area contributed by atoms with Crippen molar-refractivity contribution in [3.05, 3.63) is 114 Å². The van der Waals surface area contributed by atoms with E-state index in [9.17, 15) is 9.18 Å². The van der Waals surface area contributed by atoms with E-state index in [4.69, 9.17) is 6.57 Å². The van der Waals surface area contributed by atoms with Gasteiger partial charge in [0.25, 0.3) is 5.91 Å². The van der Waals surface area contributed by atoms with Gasteiger partial charge in [-0.25, -0.2) is 18.7 Å². The minimum Gasteiger partial charge on any atom is -0.305 e. The number of aromatic nitrogens is 6. The van der Waals surface area contributed by atoms with Crippen molar-refractivity contribution in [3.8, 4) is 33.6 Å². The minimum atomic E-state index is -0.364. The summed E-state index contributed by atoms with van der Waals surface area (Å²) in [4.78, 5) is 25.1. The van der Waals surface area contributed by atoms with Gasteiger partial charge in [0.05, 0.1) is 24.0 Å². The molecular formula is C29H19FN8O. The van der Waals surface area contributed by atoms with Crippen LogP contribution < -0.4 is 5.32 Å². The van der Waals surface area contributed by atoms with E-state index in [1.165, 1.54) is 18.3 Å². The van der Waals surface area contributed by atoms with Crippen LogP contribution in [0.3, 0.4) is 0 Å². The third-order valence-electron chi connectivity index (χ3n) is 6.11. The lowest BCUT2D eigenvalue weighted by Crippen LogP contribution is -2.12. The summed E-state index contributed by atoms with van der Waals surface area (Å²) in [5, 5.41) is 12.0. The molecule has 188 valence electrons. The lowest BCUT2D eigenvalue weighted by molar-refractivity contribution is 0.102. The standard InChI is InChI=1S/C29H19FN8O/c1-31-23-9-5-18(6-10-23)20-13-21(15-32-14-20)29(39)34-26-17-38-27(33-26)12-11-25(35-38)24-16-37(2)36-28(24)19-3-7-22(30)8-4-19/h3-17H,2H3,(H,34,39). The molecule has 1 N–H and O–H groups in total. The second kappa shape index (κ2) is 9.64. The largest absolute Gasteiger partial charge is 0.305 e. The minimum absolute atomic E-state index is 0.318. The van der Waals surface area contributed by atoms with Gasteiger partial charge in [-0.05, 0) is 48.0 Å². The molecule has 4 aromatic heterocycles. The Balaban J connectivity index is 1.26. The summed E-state index contributed by atoms with van der Waals surface area (Å²) in [6.07, 6.45) is 6.63. The van der Waals surface area contributed by atoms with Gasteiger partial charge in [0.15, 0.2) is 17.2 Å². The maximum absolute atomic E-state index is 13.4. The molecular weight excluding hydrogens is 495 g/mol. The number of carbonyl (C=O) groups is 1. The predicted molar refractivity (Wildman–Crippen MR) is 144 cm³/mol. The number of fused-ring (bicyclic) bond motifs is 1. The highest BCUT2D eigenvalue weighted by Gasteiger charge is 2.16. The fraction of sp³-hybridized carbons (Fsp3) is 0.0345. The smallest absolute Gasteiger partial charge is 0.258 e. The molecule has 0 aliphatic rings. The van der Waals surface area contributed by atoms with E-state index in [1.54, 1.807) is 58.0 Å². The molecule has 0 unspecified atom stereocenters. The highest BCUT2D eigenvalue weighted by Crippen LogP contribution is 2.30. The number of rotatable bonds is 5. The summed E-state index contributed by atoms with van der Waals surface area (Å²) in [5.74, 6) is -0.348. The van der Waals surface area contributed by atoms with Gasteiger partial charge >= 0.3 is 0 Å². The zero-order chi connectivity index (χ0) is 26.9. The van der Waals surface area contributed by atoms with E-state index in [0.29, 0.717) is 34.1 Å². The van der Waals surface area contributed by atoms with Gasteiger partial charge in [0, 0.05) is 42.3 Å². The Labute approximate surface area is 222 Å². The molecule has 0 bridgehead atoms. The second-order valence-electron chi connectivity index (χ2n) is 8.79. The number of halogens is 1. The predicted octanol–water partition coefficient (Wildman–Crippen LogP) is 5.80. The molecule has 2 aromatic carbocycles. The van der Waals surface area contributed by atoms with Gasteiger partial charge in [-0.3, -0.25) is 14.5 Å². The third-order valence-corrected chi connectivity index (χ3v) is 6.11. The molecule has 0 aliphatic heterocycles. The van der Waals surface area contributed by atoms with Crippen molar-refractivity contribution in [2.24, 2.45) is 7.05 Å². The first-order chi connectivity index (χ1) is 19.0. The normalized spacial score (nSPS) is 10.9. The molecule has 9 nitrogen and oxygen atoms in total. The monoisotopic (exact) mass is 514 g/mol. The van der Waals surface area contributed by atoms with Crippen LogP contribution in [0.2, 0.25) is 0 Å². The highest BCUT2D eigenvalue weighted by atomic mass is 19.1. The summed E-state index contributed by atoms with van der Waals surface area (Å²) in [6, 6.07) is 18.6. The van der Waals surface area contributed by atoms with Crippen LogP contribution in [0.15, 0.2) is 91.5 Å². The Morgan fingerprint density at radius 3 is 2.46 bits per heavy atom. The van der Waals surface area contributed by atoms with Crippen molar-refractivity contribution in [2.75, 3.05) is 5.32 Å². The van der Waals surface area contributed by atoms with Crippen molar-refractivity contribution in [2.45, 2.75) is 0 Å². The number of nitrogens with zero attached hydrogens (tertiary/aromatic N) is 7. The molecule has 0 aliphatic carbocycles. The summed E-state index contributed by atoms with van der Waals surface area (Å²) in [7, 11) is 1.81. The lowest BCUT2D eigenvalue weighted by Gasteiger charge is -2.05. The summed E-state index contributed by atoms with van der Waals surface area (Å²) >= 11 is 0. The molecule has 10 heteroatoms. The first kappa shape index (κ1) is 23.7. The first-order valence-electron chi connectivity index (χ1n) is 11.9. The van der Waals surface area contributed by atoms with Crippen LogP contribution in [0.5, 0.6) is 0 Å². The molecule has 0 spiro atoms. The van der Waals surface area contributed by atoms with E-state index < -0.39 is 0 Å². The number of nitrogens with one attached hydrogen (secondary N) is 1. The molecule has 0 atom stereocenters. The molecule has 0 radical (unpaired) electrons. The van der Waals surface area contributed by atoms with Crippen LogP contribution in [0.1, 0.15) is 10.4 Å². The lowest BCUT2D eigenvalue weighted by atomic mass is 10.1. The molecule has 1 amide bonds. The van der Waals surface area contributed by atoms with Gasteiger partial charge < -0.3 is 5.32 Å². The van der Waals surface area contributed by atoms with Crippen LogP contribution >= 0.6 is 0 Å². The summed E-state index contributed by atoms with van der Waals surface area (Å²) in [5.41, 5.74) is 5.93. The average molecular weight is 515 g/mol. The molecule has 0 saturated heterocycles. The number of hydrogen-bond acceptors (Lipinski definition) is 5. The number of imidazole rings is 1. The maximum atomic E-state index is 13.4. The van der Waals surface area contributed by atoms with Crippen LogP contribution in [-0.4, -0.2) is 35.3 Å². The summed E-state index contributed by atoms with van der Waals surface area (Å²) in [6.45, 7) is 7.10. The zero-order valence-electron chi connectivity index (χ0n) is 20.6. The number of benzene rings is 2. The van der Waals surface area contributed by atoms with Crippen molar-refractivity contribution in [1.29, 1.82) is 0 Å². The Morgan fingerprint density at radius 1 is 0.923 bits per heavy atom. The SMILES string of the molecule is [C-]#[N+]c1ccc(-c2cncc(C(=O)Nc3cn4nc(-c5cn(C)nc5-c5ccc(F)cc5)ccc4n3)c2)cc1. The first-order valence-corrected chi connectivity index (χ1v) is 11.9. The molecule has 4 heterocycles. The molecule has 39 heavy (non-hydrogen) atoms. The van der Waals surface area contributed by atoms with Gasteiger partial charge in [-0.1, -0.05) is 24.3 Å². The number of aryl methyl sites for hydroxylation is 1. The molecule has 0 saturated carbocycles. The average Bonchev–Trinajstić information content (AvgIpc) is 3.55. The number of carbonyl (C=O) groups excluding carboxylic acids is 1. The number of pyridine rings is 1. The quantitative estimate of drug-likeness (QED) is 0.294. The molecule has 0 fully saturated rings. The van der Waals surface area contributed by atoms with Crippen LogP contribution in [0.4, 0.5) is 15.9 Å². The topological polar surface area (TPSA) is 94.4 Å². The van der Waals surface area contributed by atoms with E-state index in [2.05, 4.69) is 30.3 Å². The number of anilines is 1. The highest BCUT2D eigenvalue weighted by molar-refractivity contribution is 6.04. The van der Waals surface area contributed by atoms with Crippen molar-refractivity contribution in [3.63, 3.8) is 0 Å². The van der Waals surface area contributed by atoms with Gasteiger partial charge in [-0.2, -0.15) is 10.2 Å². The van der Waals surface area contributed by atoms with Gasteiger partial charge in [0.1, 0.15) is 11.5 Å². The molecule has 6 rings (SSSR count). The van der Waals surface area contributed by atoms with E-state index >= 15 is 0 Å². The third kappa shape index (κ3) is 4.72. The fourth-order valence-corrected chi connectivity index (χ4v) is 4.22. The second-order valence-corrected chi connectivity index (χ2v) is 8.79. The Hall–Kier alpha value is -5.69. The van der Waals surface area contributed by atoms with Crippen LogP contribution in [0.25, 0.3) is 44.1 Å². The van der Waals surface area contributed by atoms with Crippen molar-refractivity contribution >= 4 is 23.1 Å². The maximum Gasteiger partial charge on any atom is 0.258 e. The van der Waals surface area contributed by atoms with Crippen molar-refractivity contribution < 1.29 is 9.18 Å². The molecule has 6 aromatic rings. The van der Waals surface area contributed by atoms with Crippen molar-refractivity contribution in [1.82, 2.24) is 29.4 Å². The number of amides is 1. The Bertz CT molecular complexity index is 1880. The zero-order valence-corrected chi connectivity index (χ0v) is 20.6. The van der Waals surface area contributed by atoms with Gasteiger partial charge in [0.2, 0.25) is 0 Å². The Kier molecular flexibility index (Phi) is 5.86.